The molecule has 4 nitrogen and oxygen atoms in total. The molecular formula is C20H18Cl3N3O. The van der Waals surface area contributed by atoms with Crippen LogP contribution in [0, 0.1) is 6.92 Å². The number of hydrogen-bond donors (Lipinski definition) is 1. The summed E-state index contributed by atoms with van der Waals surface area (Å²) in [5.74, 6) is -0.245. The fourth-order valence-electron chi connectivity index (χ4n) is 2.81. The van der Waals surface area contributed by atoms with Gasteiger partial charge in [-0.25, -0.2) is 4.68 Å². The van der Waals surface area contributed by atoms with Gasteiger partial charge in [-0.15, -0.1) is 0 Å². The molecular weight excluding hydrogens is 405 g/mol. The molecule has 0 saturated carbocycles. The summed E-state index contributed by atoms with van der Waals surface area (Å²) in [5, 5.41) is 8.90. The van der Waals surface area contributed by atoms with E-state index in [4.69, 9.17) is 34.8 Å². The molecule has 0 fully saturated rings. The second kappa shape index (κ2) is 8.79. The molecule has 0 atom stereocenters. The van der Waals surface area contributed by atoms with Crippen LogP contribution in [-0.2, 0) is 13.0 Å². The highest BCUT2D eigenvalue weighted by Gasteiger charge is 2.20. The van der Waals surface area contributed by atoms with Gasteiger partial charge >= 0.3 is 0 Å². The van der Waals surface area contributed by atoms with Crippen LogP contribution >= 0.6 is 34.8 Å². The second-order valence-corrected chi connectivity index (χ2v) is 7.34. The summed E-state index contributed by atoms with van der Waals surface area (Å²) < 4.78 is 1.59. The molecule has 7 heteroatoms. The predicted octanol–water partition coefficient (Wildman–Crippen LogP) is 5.17. The average molecular weight is 423 g/mol. The number of halogens is 3. The van der Waals surface area contributed by atoms with Gasteiger partial charge in [-0.05, 0) is 42.7 Å². The molecule has 0 spiro atoms. The van der Waals surface area contributed by atoms with Crippen LogP contribution in [0.5, 0.6) is 0 Å². The Kier molecular flexibility index (Phi) is 6.42. The molecule has 2 aromatic carbocycles. The van der Waals surface area contributed by atoms with E-state index in [9.17, 15) is 4.79 Å². The van der Waals surface area contributed by atoms with E-state index >= 15 is 0 Å². The lowest BCUT2D eigenvalue weighted by molar-refractivity contribution is 0.0953. The number of carbonyl (C=O) groups is 1. The number of nitrogens with zero attached hydrogens (tertiary/aromatic N) is 2. The Bertz CT molecular complexity index is 969. The molecule has 0 saturated heterocycles. The van der Waals surface area contributed by atoms with Crippen molar-refractivity contribution in [1.29, 1.82) is 0 Å². The van der Waals surface area contributed by atoms with E-state index in [0.29, 0.717) is 46.0 Å². The van der Waals surface area contributed by atoms with Crippen LogP contribution in [-0.4, -0.2) is 22.2 Å². The van der Waals surface area contributed by atoms with E-state index < -0.39 is 0 Å². The molecule has 27 heavy (non-hydrogen) atoms. The maximum absolute atomic E-state index is 12.6. The number of amides is 1. The monoisotopic (exact) mass is 421 g/mol. The van der Waals surface area contributed by atoms with Gasteiger partial charge in [-0.1, -0.05) is 65.1 Å². The first-order valence-corrected chi connectivity index (χ1v) is 9.58. The first kappa shape index (κ1) is 19.7. The van der Waals surface area contributed by atoms with Crippen molar-refractivity contribution in [2.45, 2.75) is 19.9 Å². The summed E-state index contributed by atoms with van der Waals surface area (Å²) in [6.45, 7) is 2.64. The van der Waals surface area contributed by atoms with Gasteiger partial charge in [0.25, 0.3) is 5.91 Å². The fourth-order valence-corrected chi connectivity index (χ4v) is 3.53. The Morgan fingerprint density at radius 2 is 1.89 bits per heavy atom. The third kappa shape index (κ3) is 4.83. The van der Waals surface area contributed by atoms with Crippen molar-refractivity contribution in [1.82, 2.24) is 15.1 Å². The average Bonchev–Trinajstić information content (AvgIpc) is 2.90. The highest BCUT2D eigenvalue weighted by molar-refractivity contribution is 6.33. The molecule has 1 heterocycles. The van der Waals surface area contributed by atoms with Gasteiger partial charge in [0.1, 0.15) is 5.15 Å². The van der Waals surface area contributed by atoms with E-state index in [-0.39, 0.29) is 5.91 Å². The molecule has 3 aromatic rings. The summed E-state index contributed by atoms with van der Waals surface area (Å²) in [6.07, 6.45) is 0.677. The summed E-state index contributed by atoms with van der Waals surface area (Å²) in [6, 6.07) is 15.0. The van der Waals surface area contributed by atoms with Gasteiger partial charge < -0.3 is 5.32 Å². The van der Waals surface area contributed by atoms with Crippen molar-refractivity contribution in [3.63, 3.8) is 0 Å². The zero-order chi connectivity index (χ0) is 19.4. The number of carbonyl (C=O) groups excluding carboxylic acids is 1. The lowest BCUT2D eigenvalue weighted by atomic mass is 10.1. The standard InChI is InChI=1S/C20H18Cl3N3O/c1-13-18(20(27)24-10-9-14-5-4-7-16(21)11-14)19(23)26(25-13)12-15-6-2-3-8-17(15)22/h2-8,11H,9-10,12H2,1H3,(H,24,27). The normalized spacial score (nSPS) is 10.8. The van der Waals surface area contributed by atoms with E-state index in [1.807, 2.05) is 48.5 Å². The largest absolute Gasteiger partial charge is 0.352 e. The fraction of sp³-hybridized carbons (Fsp3) is 0.200. The Morgan fingerprint density at radius 1 is 1.11 bits per heavy atom. The SMILES string of the molecule is Cc1nn(Cc2ccccc2Cl)c(Cl)c1C(=O)NCCc1cccc(Cl)c1. The minimum Gasteiger partial charge on any atom is -0.352 e. The number of aryl methyl sites for hydroxylation is 1. The van der Waals surface area contributed by atoms with Gasteiger partial charge in [0.2, 0.25) is 0 Å². The van der Waals surface area contributed by atoms with Crippen molar-refractivity contribution in [3.05, 3.63) is 86.1 Å². The Hall–Kier alpha value is -2.01. The Morgan fingerprint density at radius 3 is 2.63 bits per heavy atom. The molecule has 0 unspecified atom stereocenters. The molecule has 140 valence electrons. The van der Waals surface area contributed by atoms with Crippen LogP contribution in [0.4, 0.5) is 0 Å². The van der Waals surface area contributed by atoms with Gasteiger partial charge in [0.15, 0.2) is 0 Å². The number of rotatable bonds is 6. The zero-order valence-corrected chi connectivity index (χ0v) is 16.9. The first-order chi connectivity index (χ1) is 13.0. The van der Waals surface area contributed by atoms with E-state index in [0.717, 1.165) is 11.1 Å². The molecule has 1 amide bonds. The number of nitrogens with one attached hydrogen (secondary N) is 1. The molecule has 0 aliphatic heterocycles. The van der Waals surface area contributed by atoms with E-state index in [1.165, 1.54) is 0 Å². The summed E-state index contributed by atoms with van der Waals surface area (Å²) in [5.41, 5.74) is 2.90. The minimum atomic E-state index is -0.245. The predicted molar refractivity (Wildman–Crippen MR) is 110 cm³/mol. The number of benzene rings is 2. The Balaban J connectivity index is 1.68. The first-order valence-electron chi connectivity index (χ1n) is 8.44. The summed E-state index contributed by atoms with van der Waals surface area (Å²) in [4.78, 5) is 12.6. The van der Waals surface area contributed by atoms with Crippen LogP contribution in [0.3, 0.4) is 0 Å². The van der Waals surface area contributed by atoms with Crippen molar-refractivity contribution in [2.24, 2.45) is 0 Å². The minimum absolute atomic E-state index is 0.245. The van der Waals surface area contributed by atoms with Crippen LogP contribution < -0.4 is 5.32 Å². The van der Waals surface area contributed by atoms with Crippen LogP contribution in [0.15, 0.2) is 48.5 Å². The third-order valence-electron chi connectivity index (χ3n) is 4.16. The highest BCUT2D eigenvalue weighted by atomic mass is 35.5. The van der Waals surface area contributed by atoms with E-state index in [1.54, 1.807) is 11.6 Å². The Labute approximate surface area is 173 Å². The number of hydrogen-bond acceptors (Lipinski definition) is 2. The smallest absolute Gasteiger partial charge is 0.256 e. The van der Waals surface area contributed by atoms with Crippen LogP contribution in [0.1, 0.15) is 27.2 Å². The quantitative estimate of drug-likeness (QED) is 0.595. The van der Waals surface area contributed by atoms with Gasteiger partial charge in [-0.3, -0.25) is 4.79 Å². The van der Waals surface area contributed by atoms with E-state index in [2.05, 4.69) is 10.4 Å². The van der Waals surface area contributed by atoms with Crippen molar-refractivity contribution in [3.8, 4) is 0 Å². The molecule has 0 radical (unpaired) electrons. The molecule has 0 aliphatic rings. The summed E-state index contributed by atoms with van der Waals surface area (Å²) >= 11 is 18.6. The van der Waals surface area contributed by atoms with Crippen molar-refractivity contribution in [2.75, 3.05) is 6.54 Å². The van der Waals surface area contributed by atoms with Gasteiger partial charge in [0.05, 0.1) is 17.8 Å². The van der Waals surface area contributed by atoms with Crippen molar-refractivity contribution < 1.29 is 4.79 Å². The van der Waals surface area contributed by atoms with Crippen LogP contribution in [0.2, 0.25) is 15.2 Å². The molecule has 0 bridgehead atoms. The summed E-state index contributed by atoms with van der Waals surface area (Å²) in [7, 11) is 0. The highest BCUT2D eigenvalue weighted by Crippen LogP contribution is 2.23. The third-order valence-corrected chi connectivity index (χ3v) is 5.15. The molecule has 0 aliphatic carbocycles. The maximum atomic E-state index is 12.6. The van der Waals surface area contributed by atoms with Crippen LogP contribution in [0.25, 0.3) is 0 Å². The maximum Gasteiger partial charge on any atom is 0.256 e. The number of aromatic nitrogens is 2. The van der Waals surface area contributed by atoms with Gasteiger partial charge in [0, 0.05) is 16.6 Å². The lowest BCUT2D eigenvalue weighted by Crippen LogP contribution is -2.26. The molecule has 3 rings (SSSR count). The molecule has 1 N–H and O–H groups in total. The van der Waals surface area contributed by atoms with Gasteiger partial charge in [-0.2, -0.15) is 5.10 Å². The topological polar surface area (TPSA) is 46.9 Å². The molecule has 1 aromatic heterocycles. The van der Waals surface area contributed by atoms with Crippen molar-refractivity contribution >= 4 is 40.7 Å². The lowest BCUT2D eigenvalue weighted by Gasteiger charge is -2.07. The zero-order valence-electron chi connectivity index (χ0n) is 14.7. The second-order valence-electron chi connectivity index (χ2n) is 6.14.